The topological polar surface area (TPSA) is 45.2 Å². The molecule has 6 heteroatoms. The Balaban J connectivity index is 1.40. The SMILES string of the molecule is O=C1C(NCc2cnc(-c3ccccc3F)s2)CC2CCCCN12. The number of halogens is 1. The first-order valence-electron chi connectivity index (χ1n) is 8.46. The molecular formula is C18H20FN3OS. The second-order valence-corrected chi connectivity index (χ2v) is 7.58. The molecule has 1 N–H and O–H groups in total. The number of hydrogen-bond acceptors (Lipinski definition) is 4. The number of carbonyl (C=O) groups excluding carboxylic acids is 1. The van der Waals surface area contributed by atoms with E-state index in [1.165, 1.54) is 23.8 Å². The van der Waals surface area contributed by atoms with Crippen molar-refractivity contribution >= 4 is 17.2 Å². The lowest BCUT2D eigenvalue weighted by atomic mass is 10.0. The molecule has 0 spiro atoms. The summed E-state index contributed by atoms with van der Waals surface area (Å²) in [5.74, 6) is -0.0206. The monoisotopic (exact) mass is 345 g/mol. The van der Waals surface area contributed by atoms with Gasteiger partial charge in [0.2, 0.25) is 5.91 Å². The average Bonchev–Trinajstić information content (AvgIpc) is 3.19. The lowest BCUT2D eigenvalue weighted by Crippen LogP contribution is -2.40. The minimum atomic E-state index is -0.255. The Hall–Kier alpha value is -1.79. The molecule has 1 aromatic heterocycles. The van der Waals surface area contributed by atoms with Crippen molar-refractivity contribution < 1.29 is 9.18 Å². The van der Waals surface area contributed by atoms with Gasteiger partial charge in [0.05, 0.1) is 6.04 Å². The number of fused-ring (bicyclic) bond motifs is 1. The van der Waals surface area contributed by atoms with Crippen molar-refractivity contribution in [3.05, 3.63) is 41.2 Å². The number of benzene rings is 1. The number of hydrogen-bond donors (Lipinski definition) is 1. The van der Waals surface area contributed by atoms with Crippen molar-refractivity contribution in [1.29, 1.82) is 0 Å². The summed E-state index contributed by atoms with van der Waals surface area (Å²) in [4.78, 5) is 19.8. The van der Waals surface area contributed by atoms with Gasteiger partial charge in [0.1, 0.15) is 10.8 Å². The third-order valence-corrected chi connectivity index (χ3v) is 5.93. The van der Waals surface area contributed by atoms with Crippen molar-refractivity contribution in [2.45, 2.75) is 44.3 Å². The largest absolute Gasteiger partial charge is 0.338 e. The molecule has 2 aromatic rings. The van der Waals surface area contributed by atoms with Gasteiger partial charge in [-0.1, -0.05) is 12.1 Å². The third kappa shape index (κ3) is 2.96. The van der Waals surface area contributed by atoms with E-state index in [2.05, 4.69) is 10.3 Å². The minimum Gasteiger partial charge on any atom is -0.338 e. The lowest BCUT2D eigenvalue weighted by molar-refractivity contribution is -0.131. The molecule has 2 saturated heterocycles. The predicted octanol–water partition coefficient (Wildman–Crippen LogP) is 3.19. The van der Waals surface area contributed by atoms with Crippen LogP contribution in [0.2, 0.25) is 0 Å². The number of nitrogens with one attached hydrogen (secondary N) is 1. The van der Waals surface area contributed by atoms with E-state index in [1.54, 1.807) is 18.3 Å². The smallest absolute Gasteiger partial charge is 0.240 e. The lowest BCUT2D eigenvalue weighted by Gasteiger charge is -2.29. The number of aromatic nitrogens is 1. The fourth-order valence-electron chi connectivity index (χ4n) is 3.65. The molecule has 4 nitrogen and oxygen atoms in total. The summed E-state index contributed by atoms with van der Waals surface area (Å²) in [5.41, 5.74) is 0.530. The summed E-state index contributed by atoms with van der Waals surface area (Å²) in [6.07, 6.45) is 6.14. The van der Waals surface area contributed by atoms with Gasteiger partial charge >= 0.3 is 0 Å². The van der Waals surface area contributed by atoms with Gasteiger partial charge in [-0.3, -0.25) is 4.79 Å². The van der Waals surface area contributed by atoms with Crippen molar-refractivity contribution in [3.63, 3.8) is 0 Å². The first kappa shape index (κ1) is 15.7. The molecule has 24 heavy (non-hydrogen) atoms. The van der Waals surface area contributed by atoms with Crippen molar-refractivity contribution in [1.82, 2.24) is 15.2 Å². The van der Waals surface area contributed by atoms with E-state index in [4.69, 9.17) is 0 Å². The van der Waals surface area contributed by atoms with Crippen LogP contribution in [0.15, 0.2) is 30.5 Å². The molecule has 2 aliphatic heterocycles. The van der Waals surface area contributed by atoms with E-state index in [0.29, 0.717) is 23.2 Å². The van der Waals surface area contributed by atoms with Gasteiger partial charge in [0, 0.05) is 35.8 Å². The fraction of sp³-hybridized carbons (Fsp3) is 0.444. The Morgan fingerprint density at radius 3 is 3.04 bits per heavy atom. The maximum Gasteiger partial charge on any atom is 0.240 e. The summed E-state index contributed by atoms with van der Waals surface area (Å²) < 4.78 is 13.8. The fourth-order valence-corrected chi connectivity index (χ4v) is 4.54. The van der Waals surface area contributed by atoms with Gasteiger partial charge in [-0.25, -0.2) is 9.37 Å². The van der Waals surface area contributed by atoms with Gasteiger partial charge in [0.15, 0.2) is 0 Å². The Bertz CT molecular complexity index is 747. The normalized spacial score (nSPS) is 23.5. The van der Waals surface area contributed by atoms with Gasteiger partial charge in [-0.2, -0.15) is 0 Å². The number of amides is 1. The first-order chi connectivity index (χ1) is 11.7. The Labute approximate surface area is 144 Å². The van der Waals surface area contributed by atoms with E-state index >= 15 is 0 Å². The van der Waals surface area contributed by atoms with Crippen molar-refractivity contribution in [3.8, 4) is 10.6 Å². The quantitative estimate of drug-likeness (QED) is 0.926. The summed E-state index contributed by atoms with van der Waals surface area (Å²) in [7, 11) is 0. The first-order valence-corrected chi connectivity index (χ1v) is 9.27. The summed E-state index contributed by atoms with van der Waals surface area (Å²) >= 11 is 1.47. The Morgan fingerprint density at radius 2 is 2.21 bits per heavy atom. The molecule has 2 atom stereocenters. The third-order valence-electron chi connectivity index (χ3n) is 4.90. The maximum absolute atomic E-state index is 13.8. The van der Waals surface area contributed by atoms with E-state index < -0.39 is 0 Å². The van der Waals surface area contributed by atoms with Crippen molar-refractivity contribution in [2.75, 3.05) is 6.54 Å². The van der Waals surface area contributed by atoms with Crippen LogP contribution in [0.5, 0.6) is 0 Å². The molecule has 0 saturated carbocycles. The highest BCUT2D eigenvalue weighted by atomic mass is 32.1. The van der Waals surface area contributed by atoms with Gasteiger partial charge in [0.25, 0.3) is 0 Å². The second-order valence-electron chi connectivity index (χ2n) is 6.46. The zero-order valence-corrected chi connectivity index (χ0v) is 14.2. The highest BCUT2D eigenvalue weighted by molar-refractivity contribution is 7.15. The van der Waals surface area contributed by atoms with E-state index in [1.807, 2.05) is 11.0 Å². The zero-order valence-electron chi connectivity index (χ0n) is 13.4. The second kappa shape index (κ2) is 6.61. The predicted molar refractivity (Wildman–Crippen MR) is 92.1 cm³/mol. The number of nitrogens with zero attached hydrogens (tertiary/aromatic N) is 2. The Kier molecular flexibility index (Phi) is 4.33. The van der Waals surface area contributed by atoms with E-state index in [0.717, 1.165) is 30.7 Å². The number of thiazole rings is 1. The molecule has 126 valence electrons. The molecule has 2 fully saturated rings. The van der Waals surface area contributed by atoms with Crippen LogP contribution in [0.25, 0.3) is 10.6 Å². The van der Waals surface area contributed by atoms with Gasteiger partial charge < -0.3 is 10.2 Å². The molecule has 2 unspecified atom stereocenters. The molecule has 1 amide bonds. The van der Waals surface area contributed by atoms with Crippen LogP contribution in [0.4, 0.5) is 4.39 Å². The zero-order chi connectivity index (χ0) is 16.5. The Morgan fingerprint density at radius 1 is 1.33 bits per heavy atom. The molecule has 4 rings (SSSR count). The van der Waals surface area contributed by atoms with Crippen LogP contribution in [-0.2, 0) is 11.3 Å². The number of rotatable bonds is 4. The highest BCUT2D eigenvalue weighted by Gasteiger charge is 2.39. The average molecular weight is 345 g/mol. The molecule has 0 bridgehead atoms. The van der Waals surface area contributed by atoms with E-state index in [9.17, 15) is 9.18 Å². The van der Waals surface area contributed by atoms with Gasteiger partial charge in [-0.15, -0.1) is 11.3 Å². The van der Waals surface area contributed by atoms with Crippen LogP contribution in [0.1, 0.15) is 30.6 Å². The van der Waals surface area contributed by atoms with Crippen molar-refractivity contribution in [2.24, 2.45) is 0 Å². The summed E-state index contributed by atoms with van der Waals surface area (Å²) in [6, 6.07) is 7.00. The highest BCUT2D eigenvalue weighted by Crippen LogP contribution is 2.30. The summed E-state index contributed by atoms with van der Waals surface area (Å²) in [5, 5.41) is 4.05. The van der Waals surface area contributed by atoms with Crippen LogP contribution >= 0.6 is 11.3 Å². The molecular weight excluding hydrogens is 325 g/mol. The molecule has 0 radical (unpaired) electrons. The van der Waals surface area contributed by atoms with Crippen LogP contribution in [0, 0.1) is 5.82 Å². The van der Waals surface area contributed by atoms with Crippen LogP contribution < -0.4 is 5.32 Å². The van der Waals surface area contributed by atoms with Crippen LogP contribution in [0.3, 0.4) is 0 Å². The van der Waals surface area contributed by atoms with Gasteiger partial charge in [-0.05, 0) is 37.8 Å². The minimum absolute atomic E-state index is 0.0906. The standard InChI is InChI=1S/C18H20FN3OS/c19-15-7-2-1-6-14(15)17-21-11-13(24-17)10-20-16-9-12-5-3-4-8-22(12)18(16)23/h1-2,6-7,11-12,16,20H,3-5,8-10H2. The molecule has 3 heterocycles. The van der Waals surface area contributed by atoms with Crippen LogP contribution in [-0.4, -0.2) is 34.4 Å². The molecule has 1 aromatic carbocycles. The molecule has 2 aliphatic rings. The summed E-state index contributed by atoms with van der Waals surface area (Å²) in [6.45, 7) is 1.50. The maximum atomic E-state index is 13.8. The number of piperidine rings is 1. The van der Waals surface area contributed by atoms with E-state index in [-0.39, 0.29) is 17.8 Å². The number of carbonyl (C=O) groups is 1. The molecule has 0 aliphatic carbocycles.